The molecule has 9 nitrogen and oxygen atoms in total. The first-order valence-corrected chi connectivity index (χ1v) is 11.8. The summed E-state index contributed by atoms with van der Waals surface area (Å²) in [4.78, 5) is 37.8. The van der Waals surface area contributed by atoms with Gasteiger partial charge in [0.05, 0.1) is 22.5 Å². The van der Waals surface area contributed by atoms with E-state index in [1.807, 2.05) is 0 Å². The van der Waals surface area contributed by atoms with E-state index in [9.17, 15) is 27.4 Å². The number of fused-ring (bicyclic) bond motifs is 2. The smallest absolute Gasteiger partial charge is 0.296 e. The molecule has 1 aliphatic carbocycles. The molecule has 0 aliphatic heterocycles. The van der Waals surface area contributed by atoms with Gasteiger partial charge in [-0.1, -0.05) is 37.3 Å². The van der Waals surface area contributed by atoms with Crippen LogP contribution >= 0.6 is 0 Å². The first kappa shape index (κ1) is 23.1. The van der Waals surface area contributed by atoms with Gasteiger partial charge in [-0.05, 0) is 30.7 Å². The molecule has 0 spiro atoms. The lowest BCUT2D eigenvalue weighted by atomic mass is 9.82. The molecule has 0 atom stereocenters. The summed E-state index contributed by atoms with van der Waals surface area (Å²) in [7, 11) is -4.82. The highest BCUT2D eigenvalue weighted by molar-refractivity contribution is 7.86. The fourth-order valence-electron chi connectivity index (χ4n) is 3.83. The molecule has 0 saturated carbocycles. The van der Waals surface area contributed by atoms with Crippen LogP contribution in [0.3, 0.4) is 0 Å². The maximum Gasteiger partial charge on any atom is 0.296 e. The Morgan fingerprint density at radius 1 is 0.971 bits per heavy atom. The summed E-state index contributed by atoms with van der Waals surface area (Å²) in [5.41, 5.74) is 7.01. The number of amides is 1. The zero-order valence-corrected chi connectivity index (χ0v) is 19.1. The molecular formula is C24H21N3O6S. The molecule has 10 heteroatoms. The van der Waals surface area contributed by atoms with Crippen molar-refractivity contribution < 1.29 is 27.4 Å². The summed E-state index contributed by atoms with van der Waals surface area (Å²) >= 11 is 0. The number of carbonyl (C=O) groups is 3. The minimum absolute atomic E-state index is 0.0266. The van der Waals surface area contributed by atoms with Crippen molar-refractivity contribution in [1.29, 1.82) is 0 Å². The standard InChI is InChI=1S/C24H21N3O6S/c1-3-19(28)27-16-10-13(9-8-12(16)2)26-17-11-18(34(31,32)33)22(25)21-20(17)23(29)14-6-4-5-7-15(14)24(21)30/h4-11,26H,3,25H2,1-2H3,(H,27,28)(H,31,32,33). The van der Waals surface area contributed by atoms with Crippen LogP contribution in [0.4, 0.5) is 22.7 Å². The normalized spacial score (nSPS) is 12.7. The lowest BCUT2D eigenvalue weighted by molar-refractivity contribution is -0.115. The summed E-state index contributed by atoms with van der Waals surface area (Å²) in [6.45, 7) is 3.51. The molecule has 34 heavy (non-hydrogen) atoms. The highest BCUT2D eigenvalue weighted by atomic mass is 32.2. The highest BCUT2D eigenvalue weighted by Crippen LogP contribution is 2.40. The van der Waals surface area contributed by atoms with Crippen LogP contribution in [0.15, 0.2) is 53.4 Å². The zero-order chi connectivity index (χ0) is 24.8. The van der Waals surface area contributed by atoms with Crippen molar-refractivity contribution in [2.24, 2.45) is 0 Å². The van der Waals surface area contributed by atoms with Crippen LogP contribution in [0.5, 0.6) is 0 Å². The third-order valence-electron chi connectivity index (χ3n) is 5.59. The first-order valence-electron chi connectivity index (χ1n) is 10.3. The molecule has 0 fully saturated rings. The van der Waals surface area contributed by atoms with E-state index in [1.165, 1.54) is 12.1 Å². The maximum atomic E-state index is 13.4. The summed E-state index contributed by atoms with van der Waals surface area (Å²) < 4.78 is 33.8. The van der Waals surface area contributed by atoms with Crippen LogP contribution in [0.2, 0.25) is 0 Å². The summed E-state index contributed by atoms with van der Waals surface area (Å²) in [5.74, 6) is -1.35. The second-order valence-electron chi connectivity index (χ2n) is 7.82. The monoisotopic (exact) mass is 479 g/mol. The molecule has 0 aromatic heterocycles. The van der Waals surface area contributed by atoms with Crippen LogP contribution in [0, 0.1) is 6.92 Å². The number of hydrogen-bond acceptors (Lipinski definition) is 7. The number of nitrogens with one attached hydrogen (secondary N) is 2. The summed E-state index contributed by atoms with van der Waals surface area (Å²) in [5, 5.41) is 5.72. The van der Waals surface area contributed by atoms with E-state index in [2.05, 4.69) is 10.6 Å². The number of carbonyl (C=O) groups excluding carboxylic acids is 3. The molecular weight excluding hydrogens is 458 g/mol. The van der Waals surface area contributed by atoms with E-state index in [0.717, 1.165) is 11.6 Å². The Kier molecular flexibility index (Phi) is 5.72. The average Bonchev–Trinajstić information content (AvgIpc) is 2.79. The minimum atomic E-state index is -4.82. The van der Waals surface area contributed by atoms with Gasteiger partial charge in [0.15, 0.2) is 11.6 Å². The van der Waals surface area contributed by atoms with Crippen molar-refractivity contribution in [3.8, 4) is 0 Å². The van der Waals surface area contributed by atoms with E-state index in [-0.39, 0.29) is 40.3 Å². The minimum Gasteiger partial charge on any atom is -0.397 e. The van der Waals surface area contributed by atoms with E-state index < -0.39 is 32.3 Å². The van der Waals surface area contributed by atoms with Crippen molar-refractivity contribution in [2.75, 3.05) is 16.4 Å². The molecule has 174 valence electrons. The number of aryl methyl sites for hydroxylation is 1. The second kappa shape index (κ2) is 8.40. The molecule has 5 N–H and O–H groups in total. The Labute approximate surface area is 195 Å². The molecule has 0 heterocycles. The van der Waals surface area contributed by atoms with Gasteiger partial charge < -0.3 is 16.4 Å². The topological polar surface area (TPSA) is 156 Å². The predicted octanol–water partition coefficient (Wildman–Crippen LogP) is 3.69. The fourth-order valence-corrected chi connectivity index (χ4v) is 4.48. The molecule has 1 aliphatic rings. The number of anilines is 4. The Bertz CT molecular complexity index is 1490. The fraction of sp³-hybridized carbons (Fsp3) is 0.125. The number of hydrogen-bond donors (Lipinski definition) is 4. The van der Waals surface area contributed by atoms with Gasteiger partial charge in [0, 0.05) is 28.9 Å². The SMILES string of the molecule is CCC(=O)Nc1cc(Nc2cc(S(=O)(=O)O)c(N)c3c2C(=O)c2ccccc2C3=O)ccc1C. The van der Waals surface area contributed by atoms with E-state index in [0.29, 0.717) is 11.4 Å². The molecule has 4 rings (SSSR count). The molecule has 3 aromatic carbocycles. The van der Waals surface area contributed by atoms with Crippen molar-refractivity contribution in [1.82, 2.24) is 0 Å². The predicted molar refractivity (Wildman–Crippen MR) is 127 cm³/mol. The third kappa shape index (κ3) is 3.93. The Hall–Kier alpha value is -4.02. The second-order valence-corrected chi connectivity index (χ2v) is 9.21. The van der Waals surface area contributed by atoms with Gasteiger partial charge in [-0.15, -0.1) is 0 Å². The van der Waals surface area contributed by atoms with Gasteiger partial charge in [0.25, 0.3) is 10.1 Å². The molecule has 0 radical (unpaired) electrons. The van der Waals surface area contributed by atoms with E-state index in [4.69, 9.17) is 5.73 Å². The van der Waals surface area contributed by atoms with Crippen LogP contribution in [0.1, 0.15) is 50.8 Å². The number of benzene rings is 3. The highest BCUT2D eigenvalue weighted by Gasteiger charge is 2.36. The maximum absolute atomic E-state index is 13.4. The molecule has 0 unspecified atom stereocenters. The van der Waals surface area contributed by atoms with Crippen molar-refractivity contribution >= 4 is 50.3 Å². The number of ketones is 2. The van der Waals surface area contributed by atoms with Crippen LogP contribution in [-0.2, 0) is 14.9 Å². The number of nitrogen functional groups attached to an aromatic ring is 1. The average molecular weight is 480 g/mol. The van der Waals surface area contributed by atoms with Crippen molar-refractivity contribution in [3.05, 3.63) is 76.3 Å². The van der Waals surface area contributed by atoms with E-state index >= 15 is 0 Å². The van der Waals surface area contributed by atoms with Gasteiger partial charge in [-0.25, -0.2) is 0 Å². The molecule has 1 amide bonds. The van der Waals surface area contributed by atoms with Gasteiger partial charge in [-0.2, -0.15) is 8.42 Å². The lowest BCUT2D eigenvalue weighted by Gasteiger charge is -2.24. The first-order chi connectivity index (χ1) is 16.0. The Balaban J connectivity index is 1.92. The van der Waals surface area contributed by atoms with Crippen LogP contribution in [-0.4, -0.2) is 30.4 Å². The van der Waals surface area contributed by atoms with E-state index in [1.54, 1.807) is 44.2 Å². The van der Waals surface area contributed by atoms with Gasteiger partial charge in [0.1, 0.15) is 4.90 Å². The molecule has 0 bridgehead atoms. The molecule has 3 aromatic rings. The number of nitrogens with two attached hydrogens (primary N) is 1. The van der Waals surface area contributed by atoms with Crippen molar-refractivity contribution in [2.45, 2.75) is 25.2 Å². The van der Waals surface area contributed by atoms with Gasteiger partial charge in [-0.3, -0.25) is 18.9 Å². The lowest BCUT2D eigenvalue weighted by Crippen LogP contribution is -2.25. The van der Waals surface area contributed by atoms with Crippen LogP contribution < -0.4 is 16.4 Å². The van der Waals surface area contributed by atoms with Crippen LogP contribution in [0.25, 0.3) is 0 Å². The van der Waals surface area contributed by atoms with Crippen molar-refractivity contribution in [3.63, 3.8) is 0 Å². The summed E-state index contributed by atoms with van der Waals surface area (Å²) in [6.07, 6.45) is 0.274. The van der Waals surface area contributed by atoms with Gasteiger partial charge >= 0.3 is 0 Å². The largest absolute Gasteiger partial charge is 0.397 e. The third-order valence-corrected chi connectivity index (χ3v) is 6.48. The molecule has 0 saturated heterocycles. The zero-order valence-electron chi connectivity index (χ0n) is 18.3. The number of rotatable bonds is 5. The Morgan fingerprint density at radius 2 is 1.59 bits per heavy atom. The van der Waals surface area contributed by atoms with Gasteiger partial charge in [0.2, 0.25) is 5.91 Å². The quantitative estimate of drug-likeness (QED) is 0.249. The Morgan fingerprint density at radius 3 is 2.18 bits per heavy atom. The summed E-state index contributed by atoms with van der Waals surface area (Å²) in [6, 6.07) is 12.2.